The van der Waals surface area contributed by atoms with Gasteiger partial charge in [0.25, 0.3) is 11.5 Å². The number of halogens is 3. The summed E-state index contributed by atoms with van der Waals surface area (Å²) in [4.78, 5) is 33.5. The van der Waals surface area contributed by atoms with E-state index >= 15 is 0 Å². The minimum atomic E-state index is -4.79. The summed E-state index contributed by atoms with van der Waals surface area (Å²) in [5, 5.41) is 4.47. The van der Waals surface area contributed by atoms with Crippen molar-refractivity contribution in [1.29, 1.82) is 0 Å². The van der Waals surface area contributed by atoms with Crippen LogP contribution >= 0.6 is 0 Å². The average Bonchev–Trinajstić information content (AvgIpc) is 3.09. The number of H-pyrrole nitrogens is 1. The van der Waals surface area contributed by atoms with E-state index in [1.54, 1.807) is 18.2 Å². The van der Waals surface area contributed by atoms with Gasteiger partial charge >= 0.3 is 6.18 Å². The van der Waals surface area contributed by atoms with Crippen LogP contribution < -0.4 is 10.9 Å². The van der Waals surface area contributed by atoms with Crippen molar-refractivity contribution in [1.82, 2.24) is 19.9 Å². The zero-order valence-corrected chi connectivity index (χ0v) is 16.4. The van der Waals surface area contributed by atoms with Crippen LogP contribution in [0.15, 0.2) is 51.9 Å². The maximum Gasteiger partial charge on any atom is 0.433 e. The molecule has 0 saturated carbocycles. The molecule has 0 aliphatic heterocycles. The molecular formula is C21H16F3N5O2. The van der Waals surface area contributed by atoms with E-state index in [-0.39, 0.29) is 28.2 Å². The molecular weight excluding hydrogens is 411 g/mol. The van der Waals surface area contributed by atoms with Crippen LogP contribution in [-0.4, -0.2) is 33.8 Å². The Kier molecular flexibility index (Phi) is 5.79. The summed E-state index contributed by atoms with van der Waals surface area (Å²) in [6.45, 7) is 1.36. The number of amides is 1. The Balaban J connectivity index is 2.26. The third kappa shape index (κ3) is 4.11. The first kappa shape index (κ1) is 21.6. The van der Waals surface area contributed by atoms with Crippen LogP contribution in [0.2, 0.25) is 0 Å². The quantitative estimate of drug-likeness (QED) is 0.495. The number of carbonyl (C=O) groups is 1. The Hall–Kier alpha value is -4.13. The summed E-state index contributed by atoms with van der Waals surface area (Å²) < 4.78 is 41.7. The lowest BCUT2D eigenvalue weighted by atomic mass is 10.1. The molecule has 0 aliphatic carbocycles. The fraction of sp³-hybridized carbons (Fsp3) is 0.143. The molecule has 0 saturated heterocycles. The highest BCUT2D eigenvalue weighted by Crippen LogP contribution is 2.38. The van der Waals surface area contributed by atoms with Crippen molar-refractivity contribution in [3.05, 3.63) is 69.4 Å². The molecule has 0 radical (unpaired) electrons. The average molecular weight is 427 g/mol. The van der Waals surface area contributed by atoms with Gasteiger partial charge in [-0.3, -0.25) is 19.7 Å². The van der Waals surface area contributed by atoms with Gasteiger partial charge in [-0.2, -0.15) is 17.7 Å². The summed E-state index contributed by atoms with van der Waals surface area (Å²) in [6, 6.07) is 7.74. The zero-order chi connectivity index (χ0) is 22.8. The van der Waals surface area contributed by atoms with E-state index in [2.05, 4.69) is 26.3 Å². The second-order valence-corrected chi connectivity index (χ2v) is 6.37. The van der Waals surface area contributed by atoms with E-state index in [1.165, 1.54) is 38.4 Å². The SMILES string of the molecule is C#C/C=C(\C=NC)NC(=O)c1c(C)nc2c(-c3ccccc3)c(C(F)(F)F)[nH]n2c1=O. The van der Waals surface area contributed by atoms with Gasteiger partial charge in [0.05, 0.1) is 17.0 Å². The number of allylic oxidation sites excluding steroid dienone is 2. The summed E-state index contributed by atoms with van der Waals surface area (Å²) in [6.07, 6.45) is 2.89. The van der Waals surface area contributed by atoms with Gasteiger partial charge in [0.2, 0.25) is 0 Å². The molecule has 0 fully saturated rings. The van der Waals surface area contributed by atoms with E-state index < -0.39 is 28.9 Å². The van der Waals surface area contributed by atoms with E-state index in [4.69, 9.17) is 6.42 Å². The molecule has 2 N–H and O–H groups in total. The van der Waals surface area contributed by atoms with Crippen molar-refractivity contribution in [2.24, 2.45) is 4.99 Å². The standard InChI is InChI=1S/C21H16F3N5O2/c1-4-8-14(11-25-3)27-19(30)15-12(2)26-18-16(13-9-6-5-7-10-13)17(21(22,23)24)28-29(18)20(15)31/h1,5-11,28H,2-3H3,(H,27,30)/b14-8+,25-11?. The molecule has 0 unspecified atom stereocenters. The van der Waals surface area contributed by atoms with Gasteiger partial charge in [0.1, 0.15) is 11.3 Å². The number of aliphatic imine (C=N–C) groups is 1. The molecule has 31 heavy (non-hydrogen) atoms. The number of carbonyl (C=O) groups excluding carboxylic acids is 1. The van der Waals surface area contributed by atoms with Crippen LogP contribution in [0, 0.1) is 19.3 Å². The lowest BCUT2D eigenvalue weighted by Crippen LogP contribution is -2.33. The fourth-order valence-electron chi connectivity index (χ4n) is 3.05. The number of rotatable bonds is 4. The summed E-state index contributed by atoms with van der Waals surface area (Å²) in [5.41, 5.74) is -2.78. The van der Waals surface area contributed by atoms with Crippen LogP contribution in [0.3, 0.4) is 0 Å². The topological polar surface area (TPSA) is 91.6 Å². The number of hydrogen-bond acceptors (Lipinski definition) is 4. The maximum atomic E-state index is 13.7. The van der Waals surface area contributed by atoms with Gasteiger partial charge in [0, 0.05) is 19.3 Å². The number of benzene rings is 1. The van der Waals surface area contributed by atoms with Crippen molar-refractivity contribution in [2.45, 2.75) is 13.1 Å². The highest BCUT2D eigenvalue weighted by Gasteiger charge is 2.38. The lowest BCUT2D eigenvalue weighted by molar-refractivity contribution is -0.140. The predicted molar refractivity (Wildman–Crippen MR) is 110 cm³/mol. The second-order valence-electron chi connectivity index (χ2n) is 6.37. The highest BCUT2D eigenvalue weighted by molar-refractivity contribution is 6.00. The van der Waals surface area contributed by atoms with Gasteiger partial charge in [-0.05, 0) is 12.5 Å². The Bertz CT molecular complexity index is 1310. The number of aromatic nitrogens is 3. The van der Waals surface area contributed by atoms with E-state index in [1.807, 2.05) is 0 Å². The molecule has 0 aliphatic rings. The largest absolute Gasteiger partial charge is 0.433 e. The van der Waals surface area contributed by atoms with Crippen molar-refractivity contribution >= 4 is 17.8 Å². The third-order valence-corrected chi connectivity index (χ3v) is 4.30. The number of fused-ring (bicyclic) bond motifs is 1. The van der Waals surface area contributed by atoms with E-state index in [0.29, 0.717) is 4.52 Å². The normalized spacial score (nSPS) is 12.3. The first-order valence-corrected chi connectivity index (χ1v) is 8.86. The van der Waals surface area contributed by atoms with Crippen LogP contribution in [0.4, 0.5) is 13.2 Å². The number of aromatic amines is 1. The van der Waals surface area contributed by atoms with Crippen molar-refractivity contribution in [3.8, 4) is 23.5 Å². The Morgan fingerprint density at radius 3 is 2.58 bits per heavy atom. The third-order valence-electron chi connectivity index (χ3n) is 4.30. The summed E-state index contributed by atoms with van der Waals surface area (Å²) in [7, 11) is 1.45. The van der Waals surface area contributed by atoms with Gasteiger partial charge < -0.3 is 5.32 Å². The van der Waals surface area contributed by atoms with Gasteiger partial charge in [-0.25, -0.2) is 4.98 Å². The first-order chi connectivity index (χ1) is 14.7. The van der Waals surface area contributed by atoms with Gasteiger partial charge in [-0.1, -0.05) is 36.3 Å². The monoisotopic (exact) mass is 427 g/mol. The number of terminal acetylenes is 1. The zero-order valence-electron chi connectivity index (χ0n) is 16.4. The second kappa shape index (κ2) is 8.31. The predicted octanol–water partition coefficient (Wildman–Crippen LogP) is 2.96. The van der Waals surface area contributed by atoms with Gasteiger partial charge in [0.15, 0.2) is 5.65 Å². The molecule has 1 amide bonds. The summed E-state index contributed by atoms with van der Waals surface area (Å²) in [5.74, 6) is 1.34. The van der Waals surface area contributed by atoms with Crippen LogP contribution in [0.25, 0.3) is 16.8 Å². The molecule has 3 aromatic rings. The van der Waals surface area contributed by atoms with E-state index in [0.717, 1.165) is 0 Å². The Morgan fingerprint density at radius 2 is 2.00 bits per heavy atom. The molecule has 0 bridgehead atoms. The molecule has 10 heteroatoms. The van der Waals surface area contributed by atoms with Crippen molar-refractivity contribution in [3.63, 3.8) is 0 Å². The Labute approximate surface area is 174 Å². The molecule has 1 aromatic carbocycles. The molecule has 0 atom stereocenters. The van der Waals surface area contributed by atoms with Crippen LogP contribution in [0.1, 0.15) is 21.7 Å². The number of alkyl halides is 3. The number of hydrogen-bond donors (Lipinski definition) is 2. The number of nitrogens with zero attached hydrogens (tertiary/aromatic N) is 3. The highest BCUT2D eigenvalue weighted by atomic mass is 19.4. The van der Waals surface area contributed by atoms with Crippen LogP contribution in [-0.2, 0) is 6.18 Å². The van der Waals surface area contributed by atoms with Gasteiger partial charge in [-0.15, -0.1) is 6.42 Å². The number of aryl methyl sites for hydroxylation is 1. The first-order valence-electron chi connectivity index (χ1n) is 8.86. The lowest BCUT2D eigenvalue weighted by Gasteiger charge is -2.08. The molecule has 158 valence electrons. The molecule has 2 aromatic heterocycles. The fourth-order valence-corrected chi connectivity index (χ4v) is 3.05. The maximum absolute atomic E-state index is 13.7. The van der Waals surface area contributed by atoms with Crippen molar-refractivity contribution < 1.29 is 18.0 Å². The molecule has 2 heterocycles. The summed E-state index contributed by atoms with van der Waals surface area (Å²) >= 11 is 0. The molecule has 0 spiro atoms. The minimum absolute atomic E-state index is 0.0408. The van der Waals surface area contributed by atoms with E-state index in [9.17, 15) is 22.8 Å². The number of nitrogens with one attached hydrogen (secondary N) is 2. The molecule has 3 rings (SSSR count). The Morgan fingerprint density at radius 1 is 1.32 bits per heavy atom. The molecule has 7 nitrogen and oxygen atoms in total. The minimum Gasteiger partial charge on any atom is -0.320 e. The van der Waals surface area contributed by atoms with Crippen molar-refractivity contribution in [2.75, 3.05) is 7.05 Å². The smallest absolute Gasteiger partial charge is 0.320 e. The van der Waals surface area contributed by atoms with Crippen LogP contribution in [0.5, 0.6) is 0 Å².